The number of hydrogen-bond acceptors (Lipinski definition) is 4. The van der Waals surface area contributed by atoms with Crippen molar-refractivity contribution in [3.63, 3.8) is 0 Å². The van der Waals surface area contributed by atoms with Gasteiger partial charge in [0.2, 0.25) is 0 Å². The van der Waals surface area contributed by atoms with Crippen LogP contribution in [0.15, 0.2) is 0 Å². The van der Waals surface area contributed by atoms with Gasteiger partial charge in [-0.15, -0.1) is 6.42 Å². The predicted octanol–water partition coefficient (Wildman–Crippen LogP) is 1.70. The third kappa shape index (κ3) is 2.04. The van der Waals surface area contributed by atoms with Gasteiger partial charge in [-0.05, 0) is 74.0 Å². The first-order valence-electron chi connectivity index (χ1n) is 9.93. The van der Waals surface area contributed by atoms with Gasteiger partial charge in [-0.3, -0.25) is 0 Å². The van der Waals surface area contributed by atoms with Crippen LogP contribution in [0.2, 0.25) is 0 Å². The molecule has 0 radical (unpaired) electrons. The SMILES string of the molecule is C#C[C@]1(O)[C@@H](O)[C@H](O)C2C3CC[C@H]4C[C@@H](O)CC[C@]4(C)C3CC[C@@]21C. The fourth-order valence-electron chi connectivity index (χ4n) is 7.59. The minimum absolute atomic E-state index is 0.160. The van der Waals surface area contributed by atoms with Gasteiger partial charge in [-0.2, -0.15) is 0 Å². The Bertz CT molecular complexity index is 599. The van der Waals surface area contributed by atoms with Gasteiger partial charge in [0.1, 0.15) is 6.10 Å². The van der Waals surface area contributed by atoms with Gasteiger partial charge in [0.15, 0.2) is 5.60 Å². The summed E-state index contributed by atoms with van der Waals surface area (Å²) in [5, 5.41) is 42.5. The highest BCUT2D eigenvalue weighted by Crippen LogP contribution is 2.68. The summed E-state index contributed by atoms with van der Waals surface area (Å²) in [7, 11) is 0. The molecule has 0 bridgehead atoms. The number of fused-ring (bicyclic) bond motifs is 5. The minimum Gasteiger partial charge on any atom is -0.393 e. The van der Waals surface area contributed by atoms with Crippen molar-refractivity contribution in [3.8, 4) is 12.3 Å². The van der Waals surface area contributed by atoms with E-state index in [4.69, 9.17) is 6.42 Å². The lowest BCUT2D eigenvalue weighted by molar-refractivity contribution is -0.156. The number of aliphatic hydroxyl groups excluding tert-OH is 3. The molecule has 4 aliphatic rings. The highest BCUT2D eigenvalue weighted by molar-refractivity contribution is 5.29. The van der Waals surface area contributed by atoms with Crippen molar-refractivity contribution in [1.29, 1.82) is 0 Å². The van der Waals surface area contributed by atoms with Crippen LogP contribution in [0.3, 0.4) is 0 Å². The summed E-state index contributed by atoms with van der Waals surface area (Å²) in [6.07, 6.45) is 9.75. The molecule has 140 valence electrons. The van der Waals surface area contributed by atoms with E-state index in [0.717, 1.165) is 44.9 Å². The Hall–Kier alpha value is -0.600. The molecular formula is C21H32O4. The quantitative estimate of drug-likeness (QED) is 0.502. The van der Waals surface area contributed by atoms with E-state index in [9.17, 15) is 20.4 Å². The molecule has 4 aliphatic carbocycles. The van der Waals surface area contributed by atoms with Crippen LogP contribution in [0, 0.1) is 46.8 Å². The summed E-state index contributed by atoms with van der Waals surface area (Å²) in [5.74, 6) is 3.57. The molecule has 0 spiro atoms. The minimum atomic E-state index is -1.65. The molecule has 10 atom stereocenters. The Morgan fingerprint density at radius 1 is 1.00 bits per heavy atom. The molecule has 25 heavy (non-hydrogen) atoms. The van der Waals surface area contributed by atoms with E-state index in [1.165, 1.54) is 0 Å². The van der Waals surface area contributed by atoms with E-state index in [1.807, 2.05) is 6.92 Å². The molecule has 0 aromatic carbocycles. The van der Waals surface area contributed by atoms with Crippen molar-refractivity contribution in [1.82, 2.24) is 0 Å². The summed E-state index contributed by atoms with van der Waals surface area (Å²) in [6, 6.07) is 0. The average molecular weight is 348 g/mol. The molecule has 4 nitrogen and oxygen atoms in total. The van der Waals surface area contributed by atoms with Crippen LogP contribution in [-0.2, 0) is 0 Å². The van der Waals surface area contributed by atoms with Crippen LogP contribution >= 0.6 is 0 Å². The van der Waals surface area contributed by atoms with Gasteiger partial charge < -0.3 is 20.4 Å². The summed E-state index contributed by atoms with van der Waals surface area (Å²) in [6.45, 7) is 4.33. The van der Waals surface area contributed by atoms with E-state index in [1.54, 1.807) is 0 Å². The predicted molar refractivity (Wildman–Crippen MR) is 94.3 cm³/mol. The molecule has 0 aromatic rings. The monoisotopic (exact) mass is 348 g/mol. The molecule has 0 aliphatic heterocycles. The Balaban J connectivity index is 1.71. The Morgan fingerprint density at radius 3 is 2.40 bits per heavy atom. The fourth-order valence-corrected chi connectivity index (χ4v) is 7.59. The van der Waals surface area contributed by atoms with Gasteiger partial charge in [-0.25, -0.2) is 0 Å². The van der Waals surface area contributed by atoms with Gasteiger partial charge in [-0.1, -0.05) is 19.8 Å². The molecule has 0 amide bonds. The summed E-state index contributed by atoms with van der Waals surface area (Å²) < 4.78 is 0. The third-order valence-corrected chi connectivity index (χ3v) is 9.10. The standard InChI is InChI=1S/C21H32O4/c1-4-21(25)18(24)17(23)16-14-6-5-12-11-13(22)7-9-19(12,2)15(14)8-10-20(16,21)3/h1,12-18,22-25H,5-11H2,2-3H3/t12-,13-,14?,15?,16?,17+,18-,19-,20-,21-/m0/s1. The topological polar surface area (TPSA) is 80.9 Å². The molecule has 4 heteroatoms. The maximum atomic E-state index is 11.0. The number of terminal acetylenes is 1. The lowest BCUT2D eigenvalue weighted by Gasteiger charge is -2.61. The van der Waals surface area contributed by atoms with Crippen LogP contribution in [0.4, 0.5) is 0 Å². The lowest BCUT2D eigenvalue weighted by Crippen LogP contribution is -2.57. The first-order valence-corrected chi connectivity index (χ1v) is 9.93. The Kier molecular flexibility index (Phi) is 3.88. The third-order valence-electron chi connectivity index (χ3n) is 9.10. The largest absolute Gasteiger partial charge is 0.393 e. The molecular weight excluding hydrogens is 316 g/mol. The van der Waals surface area contributed by atoms with E-state index < -0.39 is 23.2 Å². The molecule has 4 fully saturated rings. The molecule has 3 unspecified atom stereocenters. The highest BCUT2D eigenvalue weighted by atomic mass is 16.4. The van der Waals surface area contributed by atoms with Crippen molar-refractivity contribution in [2.24, 2.45) is 34.5 Å². The highest BCUT2D eigenvalue weighted by Gasteiger charge is 2.71. The summed E-state index contributed by atoms with van der Waals surface area (Å²) >= 11 is 0. The van der Waals surface area contributed by atoms with Crippen LogP contribution in [0.5, 0.6) is 0 Å². The van der Waals surface area contributed by atoms with Crippen LogP contribution < -0.4 is 0 Å². The molecule has 0 saturated heterocycles. The molecule has 0 heterocycles. The first-order chi connectivity index (χ1) is 11.7. The van der Waals surface area contributed by atoms with Crippen LogP contribution in [-0.4, -0.2) is 44.3 Å². The summed E-state index contributed by atoms with van der Waals surface area (Å²) in [5.41, 5.74) is -2.10. The summed E-state index contributed by atoms with van der Waals surface area (Å²) in [4.78, 5) is 0. The van der Waals surface area contributed by atoms with Gasteiger partial charge in [0, 0.05) is 5.41 Å². The molecule has 4 saturated carbocycles. The smallest absolute Gasteiger partial charge is 0.159 e. The van der Waals surface area contributed by atoms with Crippen molar-refractivity contribution < 1.29 is 20.4 Å². The Morgan fingerprint density at radius 2 is 1.72 bits per heavy atom. The van der Waals surface area contributed by atoms with Crippen molar-refractivity contribution in [3.05, 3.63) is 0 Å². The lowest BCUT2D eigenvalue weighted by atomic mass is 9.44. The van der Waals surface area contributed by atoms with Gasteiger partial charge in [0.25, 0.3) is 0 Å². The maximum Gasteiger partial charge on any atom is 0.159 e. The van der Waals surface area contributed by atoms with E-state index in [0.29, 0.717) is 11.8 Å². The normalized spacial score (nSPS) is 60.9. The van der Waals surface area contributed by atoms with Crippen molar-refractivity contribution >= 4 is 0 Å². The van der Waals surface area contributed by atoms with E-state index in [-0.39, 0.29) is 23.4 Å². The molecule has 0 aromatic heterocycles. The van der Waals surface area contributed by atoms with Crippen LogP contribution in [0.1, 0.15) is 58.8 Å². The second-order valence-electron chi connectivity index (χ2n) is 9.81. The van der Waals surface area contributed by atoms with E-state index >= 15 is 0 Å². The Labute approximate surface area is 150 Å². The van der Waals surface area contributed by atoms with Crippen LogP contribution in [0.25, 0.3) is 0 Å². The molecule has 4 N–H and O–H groups in total. The zero-order valence-corrected chi connectivity index (χ0v) is 15.4. The maximum absolute atomic E-state index is 11.0. The van der Waals surface area contributed by atoms with E-state index in [2.05, 4.69) is 12.8 Å². The first kappa shape index (κ1) is 17.8. The van der Waals surface area contributed by atoms with Gasteiger partial charge in [0.05, 0.1) is 12.2 Å². The number of hydrogen-bond donors (Lipinski definition) is 4. The fraction of sp³-hybridized carbons (Fsp3) is 0.905. The number of rotatable bonds is 0. The second-order valence-corrected chi connectivity index (χ2v) is 9.81. The second kappa shape index (κ2) is 5.45. The van der Waals surface area contributed by atoms with Crippen molar-refractivity contribution in [2.75, 3.05) is 0 Å². The number of aliphatic hydroxyl groups is 4. The zero-order valence-electron chi connectivity index (χ0n) is 15.4. The zero-order chi connectivity index (χ0) is 18.2. The molecule has 4 rings (SSSR count). The van der Waals surface area contributed by atoms with Crippen molar-refractivity contribution in [2.45, 2.75) is 82.7 Å². The average Bonchev–Trinajstić information content (AvgIpc) is 2.74. The van der Waals surface area contributed by atoms with Gasteiger partial charge >= 0.3 is 0 Å².